The van der Waals surface area contributed by atoms with Gasteiger partial charge in [-0.25, -0.2) is 0 Å². The van der Waals surface area contributed by atoms with Crippen molar-refractivity contribution in [3.8, 4) is 0 Å². The average molecular weight is 293 g/mol. The molecule has 3 heterocycles. The van der Waals surface area contributed by atoms with Crippen molar-refractivity contribution in [2.45, 2.75) is 19.4 Å². The molecule has 0 aliphatic carbocycles. The van der Waals surface area contributed by atoms with Gasteiger partial charge in [0, 0.05) is 50.4 Å². The summed E-state index contributed by atoms with van der Waals surface area (Å²) in [6, 6.07) is 0. The number of amides is 1. The van der Waals surface area contributed by atoms with Crippen molar-refractivity contribution in [2.75, 3.05) is 45.9 Å². The van der Waals surface area contributed by atoms with E-state index in [1.165, 1.54) is 0 Å². The summed E-state index contributed by atoms with van der Waals surface area (Å²) in [4.78, 5) is 14.5. The fourth-order valence-corrected chi connectivity index (χ4v) is 2.83. The van der Waals surface area contributed by atoms with Crippen molar-refractivity contribution in [3.63, 3.8) is 0 Å². The van der Waals surface area contributed by atoms with Crippen LogP contribution in [0.15, 0.2) is 0 Å². The van der Waals surface area contributed by atoms with Crippen LogP contribution in [0.4, 0.5) is 0 Å². The number of hydrogen-bond acceptors (Lipinski definition) is 5. The Morgan fingerprint density at radius 3 is 3.10 bits per heavy atom. The van der Waals surface area contributed by atoms with Crippen LogP contribution in [-0.4, -0.2) is 66.9 Å². The summed E-state index contributed by atoms with van der Waals surface area (Å²) in [6.45, 7) is 6.98. The summed E-state index contributed by atoms with van der Waals surface area (Å²) in [6.07, 6.45) is 1.86. The Hall–Kier alpha value is -1.44. The predicted octanol–water partition coefficient (Wildman–Crippen LogP) is -0.492. The van der Waals surface area contributed by atoms with Crippen LogP contribution in [0.1, 0.15) is 28.2 Å². The molecule has 1 aromatic heterocycles. The van der Waals surface area contributed by atoms with Crippen LogP contribution in [0.2, 0.25) is 0 Å². The fraction of sp³-hybridized carbons (Fsp3) is 0.714. The van der Waals surface area contributed by atoms with Crippen LogP contribution < -0.4 is 10.6 Å². The van der Waals surface area contributed by atoms with Gasteiger partial charge in [0.1, 0.15) is 0 Å². The number of nitrogens with zero attached hydrogens (tertiary/aromatic N) is 2. The van der Waals surface area contributed by atoms with Gasteiger partial charge in [-0.15, -0.1) is 0 Å². The first-order valence-electron chi connectivity index (χ1n) is 7.70. The van der Waals surface area contributed by atoms with Crippen molar-refractivity contribution >= 4 is 5.91 Å². The first-order chi connectivity index (χ1) is 10.3. The molecule has 0 bridgehead atoms. The lowest BCUT2D eigenvalue weighted by atomic mass is 10.1. The molecule has 7 nitrogen and oxygen atoms in total. The van der Waals surface area contributed by atoms with Gasteiger partial charge in [-0.2, -0.15) is 5.10 Å². The molecular weight excluding hydrogens is 270 g/mol. The number of morpholine rings is 1. The second-order valence-electron chi connectivity index (χ2n) is 5.52. The molecule has 3 N–H and O–H groups in total. The highest BCUT2D eigenvalue weighted by atomic mass is 16.5. The van der Waals surface area contributed by atoms with Gasteiger partial charge in [0.25, 0.3) is 5.91 Å². The molecule has 116 valence electrons. The van der Waals surface area contributed by atoms with Crippen molar-refractivity contribution in [1.29, 1.82) is 0 Å². The second kappa shape index (κ2) is 7.02. The number of aromatic amines is 1. The van der Waals surface area contributed by atoms with Crippen LogP contribution in [0, 0.1) is 0 Å². The maximum atomic E-state index is 12.2. The van der Waals surface area contributed by atoms with E-state index >= 15 is 0 Å². The highest BCUT2D eigenvalue weighted by molar-refractivity contribution is 5.94. The Kier molecular flexibility index (Phi) is 4.84. The van der Waals surface area contributed by atoms with E-state index in [9.17, 15) is 4.79 Å². The third kappa shape index (κ3) is 3.61. The van der Waals surface area contributed by atoms with Gasteiger partial charge >= 0.3 is 0 Å². The van der Waals surface area contributed by atoms with Gasteiger partial charge in [-0.3, -0.25) is 14.8 Å². The van der Waals surface area contributed by atoms with Crippen LogP contribution in [0.25, 0.3) is 0 Å². The van der Waals surface area contributed by atoms with Crippen molar-refractivity contribution in [2.24, 2.45) is 0 Å². The van der Waals surface area contributed by atoms with Crippen molar-refractivity contribution in [1.82, 2.24) is 25.7 Å². The molecular formula is C14H23N5O2. The highest BCUT2D eigenvalue weighted by Gasteiger charge is 2.21. The minimum Gasteiger partial charge on any atom is -0.379 e. The highest BCUT2D eigenvalue weighted by Crippen LogP contribution is 2.14. The van der Waals surface area contributed by atoms with Crippen molar-refractivity contribution in [3.05, 3.63) is 17.0 Å². The van der Waals surface area contributed by atoms with E-state index < -0.39 is 0 Å². The number of carbonyl (C=O) groups is 1. The third-order valence-electron chi connectivity index (χ3n) is 4.06. The predicted molar refractivity (Wildman–Crippen MR) is 78.2 cm³/mol. The molecule has 0 aromatic carbocycles. The molecule has 1 saturated heterocycles. The molecule has 1 amide bonds. The maximum Gasteiger partial charge on any atom is 0.272 e. The number of nitrogens with one attached hydrogen (secondary N) is 3. The third-order valence-corrected chi connectivity index (χ3v) is 4.06. The lowest BCUT2D eigenvalue weighted by Crippen LogP contribution is -2.38. The second-order valence-corrected chi connectivity index (χ2v) is 5.52. The molecule has 0 saturated carbocycles. The summed E-state index contributed by atoms with van der Waals surface area (Å²) in [7, 11) is 0. The van der Waals surface area contributed by atoms with Crippen LogP contribution >= 0.6 is 0 Å². The number of rotatable bonds is 5. The molecule has 1 aromatic rings. The molecule has 21 heavy (non-hydrogen) atoms. The lowest BCUT2D eigenvalue weighted by Gasteiger charge is -2.26. The number of aromatic nitrogens is 2. The van der Waals surface area contributed by atoms with Crippen LogP contribution in [0.3, 0.4) is 0 Å². The first kappa shape index (κ1) is 14.5. The monoisotopic (exact) mass is 293 g/mol. The molecule has 7 heteroatoms. The normalized spacial score (nSPS) is 19.2. The van der Waals surface area contributed by atoms with Gasteiger partial charge in [0.05, 0.1) is 13.2 Å². The number of hydrogen-bond donors (Lipinski definition) is 3. The quantitative estimate of drug-likeness (QED) is 0.638. The molecule has 0 spiro atoms. The molecule has 0 atom stereocenters. The van der Waals surface area contributed by atoms with Gasteiger partial charge in [0.2, 0.25) is 0 Å². The van der Waals surface area contributed by atoms with E-state index in [-0.39, 0.29) is 5.91 Å². The molecule has 2 aliphatic heterocycles. The summed E-state index contributed by atoms with van der Waals surface area (Å²) in [5.74, 6) is -0.0711. The lowest BCUT2D eigenvalue weighted by molar-refractivity contribution is 0.0374. The topological polar surface area (TPSA) is 82.3 Å². The van der Waals surface area contributed by atoms with Gasteiger partial charge < -0.3 is 15.4 Å². The van der Waals surface area contributed by atoms with E-state index in [4.69, 9.17) is 4.74 Å². The molecule has 3 rings (SSSR count). The maximum absolute atomic E-state index is 12.2. The summed E-state index contributed by atoms with van der Waals surface area (Å²) in [5.41, 5.74) is 2.66. The average Bonchev–Trinajstić information content (AvgIpc) is 2.96. The zero-order chi connectivity index (χ0) is 14.5. The largest absolute Gasteiger partial charge is 0.379 e. The van der Waals surface area contributed by atoms with Crippen LogP contribution in [0.5, 0.6) is 0 Å². The van der Waals surface area contributed by atoms with Gasteiger partial charge in [-0.1, -0.05) is 0 Å². The number of fused-ring (bicyclic) bond motifs is 1. The molecule has 0 radical (unpaired) electrons. The van der Waals surface area contributed by atoms with E-state index in [0.717, 1.165) is 70.0 Å². The summed E-state index contributed by atoms with van der Waals surface area (Å²) >= 11 is 0. The zero-order valence-electron chi connectivity index (χ0n) is 12.3. The van der Waals surface area contributed by atoms with E-state index in [1.54, 1.807) is 0 Å². The summed E-state index contributed by atoms with van der Waals surface area (Å²) in [5, 5.41) is 13.4. The van der Waals surface area contributed by atoms with Gasteiger partial charge in [0.15, 0.2) is 5.69 Å². The van der Waals surface area contributed by atoms with E-state index in [1.807, 2.05) is 0 Å². The van der Waals surface area contributed by atoms with Crippen molar-refractivity contribution < 1.29 is 9.53 Å². The Bertz CT molecular complexity index is 482. The Labute approximate surface area is 124 Å². The standard InChI is InChI=1S/C14H23N5O2/c20-14(13-11-10-15-4-2-12(11)17-18-13)16-3-1-5-19-6-8-21-9-7-19/h15H,1-10H2,(H,16,20)(H,17,18). The Morgan fingerprint density at radius 1 is 1.38 bits per heavy atom. The first-order valence-corrected chi connectivity index (χ1v) is 7.70. The molecule has 1 fully saturated rings. The van der Waals surface area contributed by atoms with E-state index in [2.05, 4.69) is 25.7 Å². The van der Waals surface area contributed by atoms with Gasteiger partial charge in [-0.05, 0) is 13.0 Å². The fourth-order valence-electron chi connectivity index (χ4n) is 2.83. The minimum atomic E-state index is -0.0711. The Morgan fingerprint density at radius 2 is 2.24 bits per heavy atom. The number of carbonyl (C=O) groups excluding carboxylic acids is 1. The SMILES string of the molecule is O=C(NCCCN1CCOCC1)c1n[nH]c2c1CNCC2. The van der Waals surface area contributed by atoms with E-state index in [0.29, 0.717) is 12.2 Å². The number of ether oxygens (including phenoxy) is 1. The smallest absolute Gasteiger partial charge is 0.272 e. The number of H-pyrrole nitrogens is 1. The zero-order valence-corrected chi connectivity index (χ0v) is 12.3. The Balaban J connectivity index is 1.43. The van der Waals surface area contributed by atoms with Crippen LogP contribution in [-0.2, 0) is 17.7 Å². The minimum absolute atomic E-state index is 0.0711. The molecule has 0 unspecified atom stereocenters. The summed E-state index contributed by atoms with van der Waals surface area (Å²) < 4.78 is 5.32. The molecule has 2 aliphatic rings.